The van der Waals surface area contributed by atoms with Gasteiger partial charge in [-0.15, -0.1) is 0 Å². The molecule has 4 rings (SSSR count). The van der Waals surface area contributed by atoms with Gasteiger partial charge in [-0.1, -0.05) is 17.7 Å². The number of anilines is 1. The van der Waals surface area contributed by atoms with Crippen molar-refractivity contribution in [3.8, 4) is 17.0 Å². The topological polar surface area (TPSA) is 82.4 Å². The van der Waals surface area contributed by atoms with E-state index in [0.29, 0.717) is 13.0 Å². The first kappa shape index (κ1) is 26.4. The highest BCUT2D eigenvalue weighted by molar-refractivity contribution is 6.34. The molecule has 1 aliphatic rings. The summed E-state index contributed by atoms with van der Waals surface area (Å²) in [4.78, 5) is 25.1. The molecule has 3 aromatic rings. The lowest BCUT2D eigenvalue weighted by molar-refractivity contribution is -0.189. The summed E-state index contributed by atoms with van der Waals surface area (Å²) in [5.41, 5.74) is -1.47. The number of halogens is 6. The highest BCUT2D eigenvalue weighted by atomic mass is 35.5. The van der Waals surface area contributed by atoms with Crippen LogP contribution in [0.15, 0.2) is 36.4 Å². The smallest absolute Gasteiger partial charge is 0.425 e. The lowest BCUT2D eigenvalue weighted by Gasteiger charge is -2.20. The minimum absolute atomic E-state index is 0.0292. The van der Waals surface area contributed by atoms with Crippen LogP contribution in [0.1, 0.15) is 46.7 Å². The Morgan fingerprint density at radius 1 is 1.16 bits per heavy atom. The molecular weight excluding hydrogens is 525 g/mol. The molecular formula is C24H19ClF5N3O4. The molecule has 0 radical (unpaired) electrons. The van der Waals surface area contributed by atoms with E-state index in [1.54, 1.807) is 0 Å². The lowest BCUT2D eigenvalue weighted by atomic mass is 10.1. The number of hydrogen-bond donors (Lipinski definition) is 1. The summed E-state index contributed by atoms with van der Waals surface area (Å²) in [5.74, 6) is -4.50. The molecule has 1 fully saturated rings. The van der Waals surface area contributed by atoms with Gasteiger partial charge in [0.15, 0.2) is 6.10 Å². The molecule has 1 heterocycles. The van der Waals surface area contributed by atoms with Crippen LogP contribution in [0.4, 0.5) is 27.6 Å². The number of esters is 1. The first-order chi connectivity index (χ1) is 17.4. The van der Waals surface area contributed by atoms with Crippen molar-refractivity contribution < 1.29 is 41.0 Å². The van der Waals surface area contributed by atoms with Crippen LogP contribution < -0.4 is 10.1 Å². The number of carbonyl (C=O) groups is 2. The van der Waals surface area contributed by atoms with E-state index in [1.807, 2.05) is 0 Å². The van der Waals surface area contributed by atoms with Crippen LogP contribution in [-0.4, -0.2) is 41.0 Å². The van der Waals surface area contributed by atoms with Gasteiger partial charge in [0.05, 0.1) is 35.1 Å². The van der Waals surface area contributed by atoms with Crippen LogP contribution in [0.5, 0.6) is 5.75 Å². The number of nitrogens with one attached hydrogen (secondary N) is 1. The Morgan fingerprint density at radius 3 is 2.46 bits per heavy atom. The summed E-state index contributed by atoms with van der Waals surface area (Å²) in [6, 6.07) is 6.21. The molecule has 0 aliphatic heterocycles. The molecule has 0 bridgehead atoms. The predicted molar refractivity (Wildman–Crippen MR) is 123 cm³/mol. The standard InChI is InChI=1S/C24H19ClF5N3O4/c1-11(24(28,29)30)37-20-9-13(18-10-19(23(35)36-2)33(32-18)12-6-7-12)17(27)8-14(20)22(34)31-21-15(25)4-3-5-16(21)26/h3-5,8-12H,6-7H2,1-2H3,(H,31,34)/t11-/m0/s1. The Kier molecular flexibility index (Phi) is 7.13. The molecule has 1 amide bonds. The van der Waals surface area contributed by atoms with Crippen molar-refractivity contribution in [2.24, 2.45) is 0 Å². The molecule has 13 heteroatoms. The van der Waals surface area contributed by atoms with Crippen LogP contribution in [-0.2, 0) is 4.74 Å². The van der Waals surface area contributed by atoms with E-state index in [2.05, 4.69) is 10.4 Å². The SMILES string of the molecule is COC(=O)c1cc(-c2cc(O[C@@H](C)C(F)(F)F)c(C(=O)Nc3c(F)cccc3Cl)cc2F)nn1C1CC1. The molecule has 0 saturated heterocycles. The number of alkyl halides is 3. The van der Waals surface area contributed by atoms with Gasteiger partial charge in [-0.25, -0.2) is 13.6 Å². The third-order valence-electron chi connectivity index (χ3n) is 5.58. The number of aromatic nitrogens is 2. The minimum atomic E-state index is -4.82. The van der Waals surface area contributed by atoms with Gasteiger partial charge in [0.1, 0.15) is 23.1 Å². The van der Waals surface area contributed by atoms with Crippen molar-refractivity contribution in [3.63, 3.8) is 0 Å². The zero-order valence-corrected chi connectivity index (χ0v) is 20.1. The average Bonchev–Trinajstić information content (AvgIpc) is 3.59. The van der Waals surface area contributed by atoms with Gasteiger partial charge in [-0.05, 0) is 50.1 Å². The van der Waals surface area contributed by atoms with Crippen molar-refractivity contribution in [2.75, 3.05) is 12.4 Å². The van der Waals surface area contributed by atoms with Gasteiger partial charge in [-0.3, -0.25) is 9.48 Å². The largest absolute Gasteiger partial charge is 0.480 e. The Labute approximate surface area is 212 Å². The maximum atomic E-state index is 15.3. The van der Waals surface area contributed by atoms with Gasteiger partial charge in [-0.2, -0.15) is 18.3 Å². The normalized spacial score (nSPS) is 14.3. The van der Waals surface area contributed by atoms with Crippen LogP contribution in [0.3, 0.4) is 0 Å². The third kappa shape index (κ3) is 5.53. The van der Waals surface area contributed by atoms with Crippen molar-refractivity contribution in [1.82, 2.24) is 9.78 Å². The Balaban J connectivity index is 1.80. The quantitative estimate of drug-likeness (QED) is 0.284. The lowest BCUT2D eigenvalue weighted by Crippen LogP contribution is -2.32. The highest BCUT2D eigenvalue weighted by Crippen LogP contribution is 2.39. The van der Waals surface area contributed by atoms with E-state index < -0.39 is 52.8 Å². The summed E-state index contributed by atoms with van der Waals surface area (Å²) in [6.07, 6.45) is -5.75. The molecule has 1 aromatic heterocycles. The molecule has 1 atom stereocenters. The fourth-order valence-electron chi connectivity index (χ4n) is 3.46. The monoisotopic (exact) mass is 543 g/mol. The second-order valence-electron chi connectivity index (χ2n) is 8.26. The number of ether oxygens (including phenoxy) is 2. The van der Waals surface area contributed by atoms with E-state index in [-0.39, 0.29) is 28.0 Å². The number of carbonyl (C=O) groups excluding carboxylic acids is 2. The third-order valence-corrected chi connectivity index (χ3v) is 5.89. The zero-order valence-electron chi connectivity index (χ0n) is 19.3. The maximum Gasteiger partial charge on any atom is 0.425 e. The predicted octanol–water partition coefficient (Wildman–Crippen LogP) is 6.19. The van der Waals surface area contributed by atoms with E-state index in [1.165, 1.54) is 22.9 Å². The van der Waals surface area contributed by atoms with E-state index in [4.69, 9.17) is 21.1 Å². The van der Waals surface area contributed by atoms with E-state index >= 15 is 4.39 Å². The molecule has 37 heavy (non-hydrogen) atoms. The number of nitrogens with zero attached hydrogens (tertiary/aromatic N) is 2. The molecule has 7 nitrogen and oxygen atoms in total. The molecule has 196 valence electrons. The number of para-hydroxylation sites is 1. The fourth-order valence-corrected chi connectivity index (χ4v) is 3.67. The highest BCUT2D eigenvalue weighted by Gasteiger charge is 2.39. The summed E-state index contributed by atoms with van der Waals surface area (Å²) < 4.78 is 80.3. The molecule has 0 unspecified atom stereocenters. The summed E-state index contributed by atoms with van der Waals surface area (Å²) in [5, 5.41) is 6.19. The van der Waals surface area contributed by atoms with Gasteiger partial charge < -0.3 is 14.8 Å². The van der Waals surface area contributed by atoms with E-state index in [9.17, 15) is 27.2 Å². The Bertz CT molecular complexity index is 1350. The van der Waals surface area contributed by atoms with Crippen LogP contribution in [0, 0.1) is 11.6 Å². The second kappa shape index (κ2) is 10.0. The fraction of sp³-hybridized carbons (Fsp3) is 0.292. The van der Waals surface area contributed by atoms with E-state index in [0.717, 1.165) is 32.1 Å². The van der Waals surface area contributed by atoms with Crippen molar-refractivity contribution >= 4 is 29.2 Å². The van der Waals surface area contributed by atoms with Crippen LogP contribution >= 0.6 is 11.6 Å². The maximum absolute atomic E-state index is 15.3. The average molecular weight is 544 g/mol. The number of methoxy groups -OCH3 is 1. The number of benzene rings is 2. The molecule has 2 aromatic carbocycles. The number of amides is 1. The number of rotatable bonds is 7. The number of hydrogen-bond acceptors (Lipinski definition) is 5. The van der Waals surface area contributed by atoms with Crippen LogP contribution in [0.25, 0.3) is 11.3 Å². The van der Waals surface area contributed by atoms with Crippen molar-refractivity contribution in [1.29, 1.82) is 0 Å². The van der Waals surface area contributed by atoms with Gasteiger partial charge in [0.25, 0.3) is 5.91 Å². The van der Waals surface area contributed by atoms with Gasteiger partial charge in [0.2, 0.25) is 0 Å². The van der Waals surface area contributed by atoms with Crippen LogP contribution in [0.2, 0.25) is 5.02 Å². The minimum Gasteiger partial charge on any atom is -0.480 e. The van der Waals surface area contributed by atoms with Gasteiger partial charge in [0, 0.05) is 5.56 Å². The van der Waals surface area contributed by atoms with Crippen molar-refractivity contribution in [2.45, 2.75) is 38.1 Å². The second-order valence-corrected chi connectivity index (χ2v) is 8.67. The van der Waals surface area contributed by atoms with Gasteiger partial charge >= 0.3 is 12.1 Å². The Hall–Kier alpha value is -3.67. The molecule has 1 saturated carbocycles. The summed E-state index contributed by atoms with van der Waals surface area (Å²) >= 11 is 5.91. The molecule has 1 N–H and O–H groups in total. The molecule has 0 spiro atoms. The summed E-state index contributed by atoms with van der Waals surface area (Å²) in [7, 11) is 1.16. The molecule has 1 aliphatic carbocycles. The summed E-state index contributed by atoms with van der Waals surface area (Å²) in [6.45, 7) is 0.704. The first-order valence-corrected chi connectivity index (χ1v) is 11.3. The van der Waals surface area contributed by atoms with Crippen molar-refractivity contribution in [3.05, 3.63) is 64.3 Å². The zero-order chi connectivity index (χ0) is 27.1. The Morgan fingerprint density at radius 2 is 1.86 bits per heavy atom. The first-order valence-electron chi connectivity index (χ1n) is 10.9.